The minimum atomic E-state index is -0.515. The molecule has 0 fully saturated rings. The van der Waals surface area contributed by atoms with Gasteiger partial charge in [0.1, 0.15) is 6.04 Å². The number of hydrogen-bond donors (Lipinski definition) is 2. The van der Waals surface area contributed by atoms with Crippen LogP contribution >= 0.6 is 11.6 Å². The number of nitrogens with two attached hydrogens (primary N) is 1. The van der Waals surface area contributed by atoms with Gasteiger partial charge in [0.15, 0.2) is 5.82 Å². The predicted octanol–water partition coefficient (Wildman–Crippen LogP) is 2.77. The molecule has 3 heterocycles. The summed E-state index contributed by atoms with van der Waals surface area (Å²) in [5.41, 5.74) is 8.36. The number of allylic oxidation sites excluding steroid dienone is 1. The molecule has 0 radical (unpaired) electrons. The van der Waals surface area contributed by atoms with E-state index in [-0.39, 0.29) is 0 Å². The second-order valence-electron chi connectivity index (χ2n) is 5.93. The third kappa shape index (κ3) is 2.72. The summed E-state index contributed by atoms with van der Waals surface area (Å²) in [6.07, 6.45) is 3.37. The first-order valence-electron chi connectivity index (χ1n) is 7.94. The Kier molecular flexibility index (Phi) is 3.93. The molecule has 0 saturated heterocycles. The van der Waals surface area contributed by atoms with Gasteiger partial charge in [-0.25, -0.2) is 4.68 Å². The summed E-state index contributed by atoms with van der Waals surface area (Å²) < 4.78 is 1.67. The molecule has 3 N–H and O–H groups in total. The first kappa shape index (κ1) is 16.3. The highest BCUT2D eigenvalue weighted by Crippen LogP contribution is 2.36. The highest BCUT2D eigenvalue weighted by molar-refractivity contribution is 6.30. The Bertz CT molecular complexity index is 1010. The molecular formula is C18H15ClN6O. The summed E-state index contributed by atoms with van der Waals surface area (Å²) >= 11 is 6.00. The average Bonchev–Trinajstić information content (AvgIpc) is 3.05. The highest BCUT2D eigenvalue weighted by Gasteiger charge is 2.33. The van der Waals surface area contributed by atoms with Crippen LogP contribution in [0.25, 0.3) is 11.4 Å². The molecule has 3 aromatic rings. The van der Waals surface area contributed by atoms with Crippen molar-refractivity contribution < 1.29 is 4.79 Å². The van der Waals surface area contributed by atoms with Crippen LogP contribution in [0.4, 0.5) is 5.95 Å². The van der Waals surface area contributed by atoms with Crippen molar-refractivity contribution in [3.63, 3.8) is 0 Å². The number of amides is 1. The van der Waals surface area contributed by atoms with Crippen LogP contribution in [0.3, 0.4) is 0 Å². The standard InChI is InChI=1S/C18H15ClN6O/c1-10-14(16(20)26)15(11-4-6-13(19)7-5-11)25-18(22-10)23-17(24-25)12-3-2-8-21-9-12/h2-9,15H,1H3,(H2,20,26)(H,22,23,24)/t15-/m0/s1. The van der Waals surface area contributed by atoms with Crippen molar-refractivity contribution in [2.75, 3.05) is 5.32 Å². The lowest BCUT2D eigenvalue weighted by Gasteiger charge is -2.27. The number of pyridine rings is 1. The molecule has 26 heavy (non-hydrogen) atoms. The lowest BCUT2D eigenvalue weighted by atomic mass is 9.95. The van der Waals surface area contributed by atoms with Crippen LogP contribution in [0.2, 0.25) is 5.02 Å². The third-order valence-electron chi connectivity index (χ3n) is 4.22. The fraction of sp³-hybridized carbons (Fsp3) is 0.111. The van der Waals surface area contributed by atoms with Gasteiger partial charge in [0, 0.05) is 28.7 Å². The van der Waals surface area contributed by atoms with Crippen molar-refractivity contribution in [2.45, 2.75) is 13.0 Å². The number of carbonyl (C=O) groups excluding carboxylic acids is 1. The molecule has 1 atom stereocenters. The molecule has 130 valence electrons. The van der Waals surface area contributed by atoms with Crippen LogP contribution < -0.4 is 11.1 Å². The maximum Gasteiger partial charge on any atom is 0.248 e. The van der Waals surface area contributed by atoms with Crippen molar-refractivity contribution in [1.82, 2.24) is 19.7 Å². The van der Waals surface area contributed by atoms with Gasteiger partial charge in [0.25, 0.3) is 0 Å². The lowest BCUT2D eigenvalue weighted by molar-refractivity contribution is -0.115. The summed E-state index contributed by atoms with van der Waals surface area (Å²) in [6.45, 7) is 1.80. The predicted molar refractivity (Wildman–Crippen MR) is 98.4 cm³/mol. The summed E-state index contributed by atoms with van der Waals surface area (Å²) in [6, 6.07) is 10.4. The Morgan fingerprint density at radius 2 is 2.04 bits per heavy atom. The molecule has 7 nitrogen and oxygen atoms in total. The van der Waals surface area contributed by atoms with E-state index >= 15 is 0 Å². The van der Waals surface area contributed by atoms with Gasteiger partial charge >= 0.3 is 0 Å². The molecule has 8 heteroatoms. The van der Waals surface area contributed by atoms with Crippen LogP contribution in [0.5, 0.6) is 0 Å². The molecule has 2 aromatic heterocycles. The zero-order chi connectivity index (χ0) is 18.3. The van der Waals surface area contributed by atoms with Crippen molar-refractivity contribution >= 4 is 23.5 Å². The summed E-state index contributed by atoms with van der Waals surface area (Å²) in [7, 11) is 0. The third-order valence-corrected chi connectivity index (χ3v) is 4.48. The minimum Gasteiger partial charge on any atom is -0.366 e. The Morgan fingerprint density at radius 1 is 1.27 bits per heavy atom. The molecule has 0 saturated carbocycles. The zero-order valence-electron chi connectivity index (χ0n) is 13.8. The highest BCUT2D eigenvalue weighted by atomic mass is 35.5. The summed E-state index contributed by atoms with van der Waals surface area (Å²) in [5.74, 6) is 0.531. The van der Waals surface area contributed by atoms with Crippen LogP contribution in [0, 0.1) is 0 Å². The van der Waals surface area contributed by atoms with Gasteiger partial charge in [-0.15, -0.1) is 5.10 Å². The van der Waals surface area contributed by atoms with Gasteiger partial charge in [-0.2, -0.15) is 4.98 Å². The monoisotopic (exact) mass is 366 g/mol. The number of hydrogen-bond acceptors (Lipinski definition) is 5. The molecule has 0 bridgehead atoms. The van der Waals surface area contributed by atoms with E-state index in [1.165, 1.54) is 0 Å². The molecule has 0 spiro atoms. The van der Waals surface area contributed by atoms with Gasteiger partial charge in [-0.1, -0.05) is 23.7 Å². The number of carbonyl (C=O) groups is 1. The molecule has 1 aliphatic rings. The number of aromatic nitrogens is 4. The normalized spacial score (nSPS) is 16.2. The Labute approximate surface area is 154 Å². The van der Waals surface area contributed by atoms with E-state index in [2.05, 4.69) is 20.4 Å². The maximum absolute atomic E-state index is 12.1. The number of rotatable bonds is 3. The van der Waals surface area contributed by atoms with Crippen molar-refractivity contribution in [2.24, 2.45) is 5.73 Å². The molecule has 0 unspecified atom stereocenters. The van der Waals surface area contributed by atoms with E-state index < -0.39 is 11.9 Å². The Morgan fingerprint density at radius 3 is 2.69 bits per heavy atom. The van der Waals surface area contributed by atoms with E-state index in [0.717, 1.165) is 11.1 Å². The van der Waals surface area contributed by atoms with Crippen LogP contribution in [0.15, 0.2) is 60.1 Å². The quantitative estimate of drug-likeness (QED) is 0.742. The largest absolute Gasteiger partial charge is 0.366 e. The Hall–Kier alpha value is -3.19. The van der Waals surface area contributed by atoms with Crippen molar-refractivity contribution in [1.29, 1.82) is 0 Å². The fourth-order valence-corrected chi connectivity index (χ4v) is 3.17. The van der Waals surface area contributed by atoms with E-state index in [1.54, 1.807) is 36.1 Å². The fourth-order valence-electron chi connectivity index (χ4n) is 3.04. The van der Waals surface area contributed by atoms with E-state index in [9.17, 15) is 4.79 Å². The van der Waals surface area contributed by atoms with Gasteiger partial charge in [0.05, 0.1) is 5.57 Å². The number of halogens is 1. The second-order valence-corrected chi connectivity index (χ2v) is 6.36. The first-order chi connectivity index (χ1) is 12.5. The number of nitrogens with one attached hydrogen (secondary N) is 1. The van der Waals surface area contributed by atoms with Gasteiger partial charge < -0.3 is 11.1 Å². The van der Waals surface area contributed by atoms with Gasteiger partial charge in [-0.05, 0) is 36.8 Å². The summed E-state index contributed by atoms with van der Waals surface area (Å²) in [4.78, 5) is 20.8. The van der Waals surface area contributed by atoms with E-state index in [0.29, 0.717) is 28.1 Å². The van der Waals surface area contributed by atoms with Gasteiger partial charge in [-0.3, -0.25) is 9.78 Å². The average molecular weight is 367 g/mol. The second kappa shape index (κ2) is 6.27. The van der Waals surface area contributed by atoms with E-state index in [4.69, 9.17) is 17.3 Å². The molecule has 1 aliphatic heterocycles. The van der Waals surface area contributed by atoms with E-state index in [1.807, 2.05) is 24.3 Å². The number of nitrogens with zero attached hydrogens (tertiary/aromatic N) is 4. The number of anilines is 1. The van der Waals surface area contributed by atoms with Crippen LogP contribution in [0.1, 0.15) is 18.5 Å². The number of benzene rings is 1. The van der Waals surface area contributed by atoms with Crippen LogP contribution in [-0.2, 0) is 4.79 Å². The van der Waals surface area contributed by atoms with Crippen LogP contribution in [-0.4, -0.2) is 25.7 Å². The van der Waals surface area contributed by atoms with Crippen molar-refractivity contribution in [3.05, 3.63) is 70.6 Å². The Balaban J connectivity index is 1.88. The number of fused-ring (bicyclic) bond motifs is 1. The SMILES string of the molecule is CC1=C(C(N)=O)[C@H](c2ccc(Cl)cc2)n2nc(-c3cccnc3)nc2N1. The topological polar surface area (TPSA) is 98.7 Å². The zero-order valence-corrected chi connectivity index (χ0v) is 14.6. The number of primary amides is 1. The lowest BCUT2D eigenvalue weighted by Crippen LogP contribution is -2.31. The minimum absolute atomic E-state index is 0.433. The summed E-state index contributed by atoms with van der Waals surface area (Å²) in [5, 5.41) is 8.32. The molecule has 4 rings (SSSR count). The molecule has 1 amide bonds. The maximum atomic E-state index is 12.1. The van der Waals surface area contributed by atoms with Crippen molar-refractivity contribution in [3.8, 4) is 11.4 Å². The van der Waals surface area contributed by atoms with Gasteiger partial charge in [0.2, 0.25) is 11.9 Å². The smallest absolute Gasteiger partial charge is 0.248 e. The molecule has 1 aromatic carbocycles. The first-order valence-corrected chi connectivity index (χ1v) is 8.32. The molecule has 0 aliphatic carbocycles. The molecular weight excluding hydrogens is 352 g/mol.